The Morgan fingerprint density at radius 3 is 2.45 bits per heavy atom. The highest BCUT2D eigenvalue weighted by Gasteiger charge is 2.19. The Morgan fingerprint density at radius 2 is 1.95 bits per heavy atom. The summed E-state index contributed by atoms with van der Waals surface area (Å²) in [6, 6.07) is 7.14. The van der Waals surface area contributed by atoms with E-state index in [0.29, 0.717) is 18.1 Å². The van der Waals surface area contributed by atoms with Gasteiger partial charge in [0, 0.05) is 18.1 Å². The third-order valence-electron chi connectivity index (χ3n) is 3.27. The summed E-state index contributed by atoms with van der Waals surface area (Å²) in [5.74, 6) is -0.443. The smallest absolute Gasteiger partial charge is 0.309 e. The molecule has 0 spiro atoms. The quantitative estimate of drug-likeness (QED) is 0.786. The fraction of sp³-hybridized carbons (Fsp3) is 0.533. The van der Waals surface area contributed by atoms with Crippen LogP contribution in [0.1, 0.15) is 25.5 Å². The van der Waals surface area contributed by atoms with Gasteiger partial charge in [-0.2, -0.15) is 0 Å². The van der Waals surface area contributed by atoms with E-state index in [2.05, 4.69) is 0 Å². The lowest BCUT2D eigenvalue weighted by atomic mass is 10.1. The molecule has 2 unspecified atom stereocenters. The van der Waals surface area contributed by atoms with Crippen LogP contribution in [-0.4, -0.2) is 42.7 Å². The molecule has 112 valence electrons. The summed E-state index contributed by atoms with van der Waals surface area (Å²) in [6.07, 6.45) is -0.600. The van der Waals surface area contributed by atoms with Gasteiger partial charge in [-0.05, 0) is 24.2 Å². The highest BCUT2D eigenvalue weighted by Crippen LogP contribution is 2.18. The second-order valence-corrected chi connectivity index (χ2v) is 5.28. The summed E-state index contributed by atoms with van der Waals surface area (Å²) in [5, 5.41) is 10.9. The Labute approximate surface area is 125 Å². The van der Waals surface area contributed by atoms with Gasteiger partial charge in [0.2, 0.25) is 0 Å². The number of nitrogens with zero attached hydrogens (tertiary/aromatic N) is 1. The molecule has 0 fully saturated rings. The van der Waals surface area contributed by atoms with E-state index in [-0.39, 0.29) is 11.9 Å². The molecule has 0 saturated carbocycles. The molecule has 1 aromatic carbocycles. The predicted molar refractivity (Wildman–Crippen MR) is 79.7 cm³/mol. The van der Waals surface area contributed by atoms with Crippen LogP contribution >= 0.6 is 11.6 Å². The number of ether oxygens (including phenoxy) is 1. The number of carbonyl (C=O) groups is 1. The Bertz CT molecular complexity index is 422. The largest absolute Gasteiger partial charge is 0.469 e. The van der Waals surface area contributed by atoms with Crippen LogP contribution in [0.3, 0.4) is 0 Å². The Kier molecular flexibility index (Phi) is 6.99. The first-order valence-corrected chi connectivity index (χ1v) is 7.09. The topological polar surface area (TPSA) is 49.8 Å². The first-order valence-electron chi connectivity index (χ1n) is 6.71. The number of benzene rings is 1. The minimum absolute atomic E-state index is 0.211. The van der Waals surface area contributed by atoms with Crippen LogP contribution in [0.4, 0.5) is 0 Å². The summed E-state index contributed by atoms with van der Waals surface area (Å²) >= 11 is 5.83. The van der Waals surface area contributed by atoms with Crippen molar-refractivity contribution in [3.63, 3.8) is 0 Å². The van der Waals surface area contributed by atoms with E-state index in [1.54, 1.807) is 12.1 Å². The van der Waals surface area contributed by atoms with E-state index < -0.39 is 6.10 Å². The molecule has 0 saturated heterocycles. The standard InChI is InChI=1S/C15H22ClNO3/c1-4-17(9-11(2)15(19)20-3)10-14(18)12-5-7-13(16)8-6-12/h5-8,11,14,18H,4,9-10H2,1-3H3. The third-order valence-corrected chi connectivity index (χ3v) is 3.52. The number of likely N-dealkylation sites (N-methyl/N-ethyl adjacent to an activating group) is 1. The number of hydrogen-bond acceptors (Lipinski definition) is 4. The van der Waals surface area contributed by atoms with Crippen molar-refractivity contribution in [3.05, 3.63) is 34.9 Å². The maximum atomic E-state index is 11.4. The lowest BCUT2D eigenvalue weighted by Crippen LogP contribution is -2.35. The highest BCUT2D eigenvalue weighted by molar-refractivity contribution is 6.30. The molecule has 1 N–H and O–H groups in total. The maximum absolute atomic E-state index is 11.4. The van der Waals surface area contributed by atoms with E-state index in [0.717, 1.165) is 12.1 Å². The van der Waals surface area contributed by atoms with Gasteiger partial charge in [0.1, 0.15) is 0 Å². The summed E-state index contributed by atoms with van der Waals surface area (Å²) in [6.45, 7) is 5.61. The first kappa shape index (κ1) is 17.0. The van der Waals surface area contributed by atoms with Crippen LogP contribution in [0.2, 0.25) is 5.02 Å². The SMILES string of the molecule is CCN(CC(C)C(=O)OC)CC(O)c1ccc(Cl)cc1. The van der Waals surface area contributed by atoms with Crippen molar-refractivity contribution in [1.29, 1.82) is 0 Å². The highest BCUT2D eigenvalue weighted by atomic mass is 35.5. The second-order valence-electron chi connectivity index (χ2n) is 4.84. The first-order chi connectivity index (χ1) is 9.47. The molecule has 0 heterocycles. The van der Waals surface area contributed by atoms with Gasteiger partial charge >= 0.3 is 5.97 Å². The number of halogens is 1. The van der Waals surface area contributed by atoms with Crippen LogP contribution in [0, 0.1) is 5.92 Å². The van der Waals surface area contributed by atoms with Crippen LogP contribution in [0.15, 0.2) is 24.3 Å². The molecule has 0 bridgehead atoms. The molecule has 0 aliphatic heterocycles. The molecular weight excluding hydrogens is 278 g/mol. The van der Waals surface area contributed by atoms with Gasteiger partial charge in [-0.1, -0.05) is 37.6 Å². The summed E-state index contributed by atoms with van der Waals surface area (Å²) in [4.78, 5) is 13.5. The number of esters is 1. The molecule has 0 aliphatic carbocycles. The molecular formula is C15H22ClNO3. The van der Waals surface area contributed by atoms with Crippen LogP contribution in [0.5, 0.6) is 0 Å². The molecule has 0 aliphatic rings. The number of carbonyl (C=O) groups excluding carboxylic acids is 1. The molecule has 1 rings (SSSR count). The zero-order chi connectivity index (χ0) is 15.1. The fourth-order valence-corrected chi connectivity index (χ4v) is 2.16. The minimum Gasteiger partial charge on any atom is -0.469 e. The third kappa shape index (κ3) is 5.12. The zero-order valence-corrected chi connectivity index (χ0v) is 12.9. The van der Waals surface area contributed by atoms with E-state index in [1.807, 2.05) is 30.9 Å². The van der Waals surface area contributed by atoms with Gasteiger partial charge in [0.25, 0.3) is 0 Å². The van der Waals surface area contributed by atoms with Crippen molar-refractivity contribution in [1.82, 2.24) is 4.90 Å². The molecule has 20 heavy (non-hydrogen) atoms. The fourth-order valence-electron chi connectivity index (χ4n) is 2.03. The Hall–Kier alpha value is -1.10. The Balaban J connectivity index is 2.59. The predicted octanol–water partition coefficient (Wildman–Crippen LogP) is 2.50. The second kappa shape index (κ2) is 8.25. The van der Waals surface area contributed by atoms with Gasteiger partial charge in [0.05, 0.1) is 19.1 Å². The van der Waals surface area contributed by atoms with Crippen molar-refractivity contribution in [2.75, 3.05) is 26.7 Å². The van der Waals surface area contributed by atoms with E-state index >= 15 is 0 Å². The molecule has 5 heteroatoms. The van der Waals surface area contributed by atoms with Crippen molar-refractivity contribution >= 4 is 17.6 Å². The van der Waals surface area contributed by atoms with Gasteiger partial charge in [-0.15, -0.1) is 0 Å². The molecule has 0 radical (unpaired) electrons. The molecule has 4 nitrogen and oxygen atoms in total. The van der Waals surface area contributed by atoms with Crippen molar-refractivity contribution in [3.8, 4) is 0 Å². The van der Waals surface area contributed by atoms with Crippen LogP contribution < -0.4 is 0 Å². The van der Waals surface area contributed by atoms with Gasteiger partial charge in [-0.3, -0.25) is 9.69 Å². The van der Waals surface area contributed by atoms with Crippen molar-refractivity contribution in [2.45, 2.75) is 20.0 Å². The molecule has 0 amide bonds. The number of rotatable bonds is 7. The summed E-state index contributed by atoms with van der Waals surface area (Å²) in [7, 11) is 1.39. The van der Waals surface area contributed by atoms with Gasteiger partial charge in [-0.25, -0.2) is 0 Å². The summed E-state index contributed by atoms with van der Waals surface area (Å²) < 4.78 is 4.72. The monoisotopic (exact) mass is 299 g/mol. The maximum Gasteiger partial charge on any atom is 0.309 e. The lowest BCUT2D eigenvalue weighted by Gasteiger charge is -2.25. The van der Waals surface area contributed by atoms with Crippen molar-refractivity contribution in [2.24, 2.45) is 5.92 Å². The summed E-state index contributed by atoms with van der Waals surface area (Å²) in [5.41, 5.74) is 0.818. The van der Waals surface area contributed by atoms with E-state index in [1.165, 1.54) is 7.11 Å². The van der Waals surface area contributed by atoms with Gasteiger partial charge < -0.3 is 9.84 Å². The zero-order valence-electron chi connectivity index (χ0n) is 12.2. The normalized spacial score (nSPS) is 14.1. The number of hydrogen-bond donors (Lipinski definition) is 1. The van der Waals surface area contributed by atoms with Crippen molar-refractivity contribution < 1.29 is 14.6 Å². The average Bonchev–Trinajstić information content (AvgIpc) is 2.45. The number of aliphatic hydroxyl groups is 1. The van der Waals surface area contributed by atoms with Crippen LogP contribution in [0.25, 0.3) is 0 Å². The number of methoxy groups -OCH3 is 1. The molecule has 1 aromatic rings. The lowest BCUT2D eigenvalue weighted by molar-refractivity contribution is -0.145. The van der Waals surface area contributed by atoms with Gasteiger partial charge in [0.15, 0.2) is 0 Å². The average molecular weight is 300 g/mol. The minimum atomic E-state index is -0.600. The Morgan fingerprint density at radius 1 is 1.35 bits per heavy atom. The van der Waals surface area contributed by atoms with E-state index in [4.69, 9.17) is 16.3 Å². The van der Waals surface area contributed by atoms with E-state index in [9.17, 15) is 9.90 Å². The molecule has 2 atom stereocenters. The number of aliphatic hydroxyl groups excluding tert-OH is 1. The van der Waals surface area contributed by atoms with Crippen LogP contribution in [-0.2, 0) is 9.53 Å². The molecule has 0 aromatic heterocycles.